The van der Waals surface area contributed by atoms with E-state index >= 15 is 0 Å². The fourth-order valence-electron chi connectivity index (χ4n) is 2.58. The van der Waals surface area contributed by atoms with Crippen molar-refractivity contribution in [2.24, 2.45) is 0 Å². The highest BCUT2D eigenvalue weighted by molar-refractivity contribution is 9.10. The molecule has 0 saturated heterocycles. The average molecular weight is 385 g/mol. The Bertz CT molecular complexity index is 975. The van der Waals surface area contributed by atoms with Crippen molar-refractivity contribution in [2.45, 2.75) is 20.4 Å². The summed E-state index contributed by atoms with van der Waals surface area (Å²) >= 11 is 3.34. The molecule has 5 heteroatoms. The molecule has 24 heavy (non-hydrogen) atoms. The van der Waals surface area contributed by atoms with E-state index in [9.17, 15) is 9.59 Å². The number of hydrogen-bond donors (Lipinski definition) is 2. The molecule has 0 atom stereocenters. The van der Waals surface area contributed by atoms with Crippen LogP contribution >= 0.6 is 15.9 Å². The van der Waals surface area contributed by atoms with E-state index in [1.54, 1.807) is 12.1 Å². The first-order chi connectivity index (χ1) is 11.5. The van der Waals surface area contributed by atoms with Crippen molar-refractivity contribution in [2.75, 3.05) is 0 Å². The fourth-order valence-corrected chi connectivity index (χ4v) is 2.84. The normalized spacial score (nSPS) is 10.8. The number of carbonyl (C=O) groups is 1. The van der Waals surface area contributed by atoms with Crippen LogP contribution in [0.2, 0.25) is 0 Å². The maximum absolute atomic E-state index is 12.3. The van der Waals surface area contributed by atoms with Gasteiger partial charge < -0.3 is 10.3 Å². The standard InChI is InChI=1S/C19H17BrN2O2/c1-11-3-4-14-9-15(19(24)22-17(14)12(11)2)10-21-18(23)13-5-7-16(20)8-6-13/h3-9H,10H2,1-2H3,(H,21,23)(H,22,24). The molecule has 0 bridgehead atoms. The second kappa shape index (κ2) is 6.61. The first-order valence-electron chi connectivity index (χ1n) is 7.61. The van der Waals surface area contributed by atoms with Crippen molar-refractivity contribution in [3.8, 4) is 0 Å². The molecule has 0 aliphatic carbocycles. The number of fused-ring (bicyclic) bond motifs is 1. The Morgan fingerprint density at radius 1 is 1.12 bits per heavy atom. The zero-order valence-corrected chi connectivity index (χ0v) is 15.0. The van der Waals surface area contributed by atoms with Gasteiger partial charge in [0.05, 0.1) is 5.52 Å². The highest BCUT2D eigenvalue weighted by Crippen LogP contribution is 2.19. The van der Waals surface area contributed by atoms with Crippen LogP contribution in [0.1, 0.15) is 27.0 Å². The Morgan fingerprint density at radius 2 is 1.83 bits per heavy atom. The van der Waals surface area contributed by atoms with E-state index in [0.29, 0.717) is 11.1 Å². The molecule has 0 aliphatic heterocycles. The molecule has 0 fully saturated rings. The lowest BCUT2D eigenvalue weighted by atomic mass is 10.0. The van der Waals surface area contributed by atoms with Gasteiger partial charge in [-0.1, -0.05) is 28.1 Å². The second-order valence-electron chi connectivity index (χ2n) is 5.78. The lowest BCUT2D eigenvalue weighted by Crippen LogP contribution is -2.26. The number of halogens is 1. The molecule has 2 aromatic carbocycles. The van der Waals surface area contributed by atoms with Crippen LogP contribution < -0.4 is 10.9 Å². The van der Waals surface area contributed by atoms with Crippen LogP contribution in [-0.2, 0) is 6.54 Å². The molecule has 0 aliphatic rings. The molecular weight excluding hydrogens is 368 g/mol. The van der Waals surface area contributed by atoms with Crippen molar-refractivity contribution in [3.05, 3.63) is 79.5 Å². The summed E-state index contributed by atoms with van der Waals surface area (Å²) in [6.45, 7) is 4.19. The zero-order valence-electron chi connectivity index (χ0n) is 13.4. The van der Waals surface area contributed by atoms with Gasteiger partial charge in [-0.25, -0.2) is 0 Å². The summed E-state index contributed by atoms with van der Waals surface area (Å²) in [5, 5.41) is 3.76. The Labute approximate surface area is 148 Å². The van der Waals surface area contributed by atoms with Crippen LogP contribution in [0.4, 0.5) is 0 Å². The van der Waals surface area contributed by atoms with Crippen molar-refractivity contribution in [1.29, 1.82) is 0 Å². The van der Waals surface area contributed by atoms with Crippen molar-refractivity contribution < 1.29 is 4.79 Å². The van der Waals surface area contributed by atoms with Gasteiger partial charge in [0.2, 0.25) is 0 Å². The summed E-state index contributed by atoms with van der Waals surface area (Å²) in [5.41, 5.74) is 3.97. The summed E-state index contributed by atoms with van der Waals surface area (Å²) in [5.74, 6) is -0.206. The van der Waals surface area contributed by atoms with E-state index in [-0.39, 0.29) is 18.0 Å². The number of nitrogens with one attached hydrogen (secondary N) is 2. The topological polar surface area (TPSA) is 62.0 Å². The number of aromatic amines is 1. The van der Waals surface area contributed by atoms with E-state index in [4.69, 9.17) is 0 Å². The van der Waals surface area contributed by atoms with E-state index in [1.807, 2.05) is 44.2 Å². The molecule has 122 valence electrons. The Hall–Kier alpha value is -2.40. The summed E-state index contributed by atoms with van der Waals surface area (Å²) in [6, 6.07) is 12.9. The Kier molecular flexibility index (Phi) is 4.53. The average Bonchev–Trinajstić information content (AvgIpc) is 2.57. The molecule has 0 saturated carbocycles. The smallest absolute Gasteiger partial charge is 0.253 e. The molecule has 3 rings (SSSR count). The SMILES string of the molecule is Cc1ccc2cc(CNC(=O)c3ccc(Br)cc3)c(=O)[nH]c2c1C. The highest BCUT2D eigenvalue weighted by atomic mass is 79.9. The lowest BCUT2D eigenvalue weighted by molar-refractivity contribution is 0.0951. The van der Waals surface area contributed by atoms with Gasteiger partial charge in [-0.2, -0.15) is 0 Å². The van der Waals surface area contributed by atoms with Crippen molar-refractivity contribution in [1.82, 2.24) is 10.3 Å². The van der Waals surface area contributed by atoms with E-state index in [2.05, 4.69) is 26.2 Å². The monoisotopic (exact) mass is 384 g/mol. The first kappa shape index (κ1) is 16.5. The van der Waals surface area contributed by atoms with Gasteiger partial charge in [0.15, 0.2) is 0 Å². The molecular formula is C19H17BrN2O2. The predicted molar refractivity (Wildman–Crippen MR) is 99.4 cm³/mol. The van der Waals surface area contributed by atoms with Crippen LogP contribution in [-0.4, -0.2) is 10.9 Å². The van der Waals surface area contributed by atoms with Crippen molar-refractivity contribution in [3.63, 3.8) is 0 Å². The maximum atomic E-state index is 12.3. The summed E-state index contributed by atoms with van der Waals surface area (Å²) in [4.78, 5) is 27.4. The van der Waals surface area contributed by atoms with E-state index < -0.39 is 0 Å². The minimum absolute atomic E-state index is 0.174. The molecule has 3 aromatic rings. The zero-order chi connectivity index (χ0) is 17.3. The Morgan fingerprint density at radius 3 is 2.54 bits per heavy atom. The number of pyridine rings is 1. The molecule has 1 aromatic heterocycles. The third-order valence-corrected chi connectivity index (χ3v) is 4.70. The minimum Gasteiger partial charge on any atom is -0.348 e. The number of benzene rings is 2. The second-order valence-corrected chi connectivity index (χ2v) is 6.70. The lowest BCUT2D eigenvalue weighted by Gasteiger charge is -2.09. The quantitative estimate of drug-likeness (QED) is 0.720. The molecule has 2 N–H and O–H groups in total. The number of rotatable bonds is 3. The van der Waals surface area contributed by atoms with Crippen molar-refractivity contribution >= 4 is 32.7 Å². The van der Waals surface area contributed by atoms with Crippen LogP contribution in [0.5, 0.6) is 0 Å². The van der Waals surface area contributed by atoms with Gasteiger partial charge in [0.1, 0.15) is 0 Å². The van der Waals surface area contributed by atoms with E-state index in [0.717, 1.165) is 26.5 Å². The first-order valence-corrected chi connectivity index (χ1v) is 8.41. The molecule has 0 radical (unpaired) electrons. The summed E-state index contributed by atoms with van der Waals surface area (Å²) < 4.78 is 0.913. The molecule has 0 spiro atoms. The number of aryl methyl sites for hydroxylation is 2. The van der Waals surface area contributed by atoms with Crippen LogP contribution in [0, 0.1) is 13.8 Å². The number of carbonyl (C=O) groups excluding carboxylic acids is 1. The largest absolute Gasteiger partial charge is 0.348 e. The highest BCUT2D eigenvalue weighted by Gasteiger charge is 2.09. The third kappa shape index (κ3) is 3.26. The van der Waals surface area contributed by atoms with Crippen LogP contribution in [0.25, 0.3) is 10.9 Å². The number of H-pyrrole nitrogens is 1. The van der Waals surface area contributed by atoms with E-state index in [1.165, 1.54) is 0 Å². The van der Waals surface area contributed by atoms with Gasteiger partial charge in [0.25, 0.3) is 11.5 Å². The predicted octanol–water partition coefficient (Wildman–Crippen LogP) is 3.84. The molecule has 0 unspecified atom stereocenters. The van der Waals surface area contributed by atoms with Gasteiger partial charge in [-0.05, 0) is 60.7 Å². The van der Waals surface area contributed by atoms with Gasteiger partial charge in [0, 0.05) is 22.1 Å². The van der Waals surface area contributed by atoms with Gasteiger partial charge in [-0.15, -0.1) is 0 Å². The fraction of sp³-hybridized carbons (Fsp3) is 0.158. The molecule has 1 amide bonds. The number of amides is 1. The van der Waals surface area contributed by atoms with Gasteiger partial charge in [-0.3, -0.25) is 9.59 Å². The summed E-state index contributed by atoms with van der Waals surface area (Å²) in [6.07, 6.45) is 0. The van der Waals surface area contributed by atoms with Gasteiger partial charge >= 0.3 is 0 Å². The summed E-state index contributed by atoms with van der Waals surface area (Å²) in [7, 11) is 0. The maximum Gasteiger partial charge on any atom is 0.253 e. The number of hydrogen-bond acceptors (Lipinski definition) is 2. The van der Waals surface area contributed by atoms with Crippen LogP contribution in [0.3, 0.4) is 0 Å². The third-order valence-electron chi connectivity index (χ3n) is 4.17. The van der Waals surface area contributed by atoms with Crippen LogP contribution in [0.15, 0.2) is 51.7 Å². The minimum atomic E-state index is -0.206. The Balaban J connectivity index is 1.84. The molecule has 1 heterocycles. The molecule has 4 nitrogen and oxygen atoms in total. The number of aromatic nitrogens is 1.